The lowest BCUT2D eigenvalue weighted by Gasteiger charge is -2.23. The Morgan fingerprint density at radius 3 is 2.64 bits per heavy atom. The van der Waals surface area contributed by atoms with Gasteiger partial charge in [-0.25, -0.2) is 4.79 Å². The number of aromatic nitrogens is 1. The smallest absolute Gasteiger partial charge is 0.335 e. The number of rotatable bonds is 7. The minimum Gasteiger partial charge on any atom is -0.478 e. The van der Waals surface area contributed by atoms with E-state index in [2.05, 4.69) is 21.4 Å². The Labute approximate surface area is 167 Å². The summed E-state index contributed by atoms with van der Waals surface area (Å²) in [5.74, 6) is 0.640. The predicted molar refractivity (Wildman–Crippen MR) is 113 cm³/mol. The van der Waals surface area contributed by atoms with Crippen molar-refractivity contribution in [2.45, 2.75) is 58.0 Å². The largest absolute Gasteiger partial charge is 0.478 e. The fourth-order valence-corrected chi connectivity index (χ4v) is 4.94. The molecule has 0 amide bonds. The summed E-state index contributed by atoms with van der Waals surface area (Å²) in [6, 6.07) is 5.60. The number of nitrogens with zero attached hydrogens (tertiary/aromatic N) is 1. The molecule has 1 saturated heterocycles. The molecule has 2 aromatic rings. The molecule has 152 valence electrons. The lowest BCUT2D eigenvalue weighted by Crippen LogP contribution is -2.33. The Bertz CT molecular complexity index is 802. The third kappa shape index (κ3) is 4.58. The van der Waals surface area contributed by atoms with E-state index >= 15 is 0 Å². The molecule has 0 atom stereocenters. The molecule has 28 heavy (non-hydrogen) atoms. The van der Waals surface area contributed by atoms with E-state index < -0.39 is 5.97 Å². The van der Waals surface area contributed by atoms with Crippen molar-refractivity contribution in [2.75, 3.05) is 19.6 Å². The second-order valence-corrected chi connectivity index (χ2v) is 8.67. The molecule has 4 rings (SSSR count). The maximum atomic E-state index is 11.5. The molecule has 1 aromatic carbocycles. The first kappa shape index (κ1) is 19.5. The van der Waals surface area contributed by atoms with Gasteiger partial charge in [-0.1, -0.05) is 19.3 Å². The van der Waals surface area contributed by atoms with Gasteiger partial charge in [-0.3, -0.25) is 0 Å². The third-order valence-corrected chi connectivity index (χ3v) is 6.60. The molecular weight excluding hydrogens is 350 g/mol. The number of carbonyl (C=O) groups is 1. The molecule has 1 aromatic heterocycles. The van der Waals surface area contributed by atoms with Crippen molar-refractivity contribution >= 4 is 16.9 Å². The van der Waals surface area contributed by atoms with Crippen LogP contribution < -0.4 is 10.6 Å². The normalized spacial score (nSPS) is 19.3. The molecule has 5 heteroatoms. The van der Waals surface area contributed by atoms with Gasteiger partial charge in [0.15, 0.2) is 0 Å². The van der Waals surface area contributed by atoms with E-state index in [1.807, 2.05) is 12.1 Å². The zero-order valence-electron chi connectivity index (χ0n) is 16.8. The van der Waals surface area contributed by atoms with Gasteiger partial charge in [-0.2, -0.15) is 0 Å². The van der Waals surface area contributed by atoms with Crippen LogP contribution in [0, 0.1) is 11.8 Å². The van der Waals surface area contributed by atoms with Crippen LogP contribution in [0.1, 0.15) is 60.9 Å². The van der Waals surface area contributed by atoms with E-state index in [1.165, 1.54) is 56.0 Å². The Morgan fingerprint density at radius 1 is 1.11 bits per heavy atom. The van der Waals surface area contributed by atoms with Gasteiger partial charge >= 0.3 is 5.97 Å². The molecule has 2 aliphatic rings. The van der Waals surface area contributed by atoms with Crippen molar-refractivity contribution in [3.05, 3.63) is 35.5 Å². The quantitative estimate of drug-likeness (QED) is 0.676. The maximum Gasteiger partial charge on any atom is 0.335 e. The van der Waals surface area contributed by atoms with E-state index in [9.17, 15) is 9.90 Å². The molecule has 1 saturated carbocycles. The molecule has 0 spiro atoms. The highest BCUT2D eigenvalue weighted by molar-refractivity contribution is 5.95. The average molecular weight is 384 g/mol. The topological polar surface area (TPSA) is 66.3 Å². The summed E-state index contributed by atoms with van der Waals surface area (Å²) in [7, 11) is 0. The Balaban J connectivity index is 1.52. The molecule has 2 heterocycles. The van der Waals surface area contributed by atoms with Crippen molar-refractivity contribution in [3.63, 3.8) is 0 Å². The van der Waals surface area contributed by atoms with Crippen LogP contribution in [0.4, 0.5) is 0 Å². The Morgan fingerprint density at radius 2 is 1.89 bits per heavy atom. The zero-order valence-corrected chi connectivity index (χ0v) is 16.8. The number of fused-ring (bicyclic) bond motifs is 1. The van der Waals surface area contributed by atoms with Gasteiger partial charge in [0.2, 0.25) is 0 Å². The Kier molecular flexibility index (Phi) is 6.33. The van der Waals surface area contributed by atoms with Crippen molar-refractivity contribution < 1.29 is 9.90 Å². The van der Waals surface area contributed by atoms with Crippen LogP contribution >= 0.6 is 0 Å². The van der Waals surface area contributed by atoms with Crippen molar-refractivity contribution in [2.24, 2.45) is 11.8 Å². The zero-order chi connectivity index (χ0) is 19.3. The van der Waals surface area contributed by atoms with E-state index in [0.717, 1.165) is 49.9 Å². The summed E-state index contributed by atoms with van der Waals surface area (Å²) in [6.45, 7) is 5.14. The summed E-state index contributed by atoms with van der Waals surface area (Å²) in [4.78, 5) is 11.5. The highest BCUT2D eigenvalue weighted by Gasteiger charge is 2.18. The van der Waals surface area contributed by atoms with Crippen LogP contribution in [0.25, 0.3) is 10.9 Å². The van der Waals surface area contributed by atoms with E-state index in [0.29, 0.717) is 5.56 Å². The molecule has 1 aliphatic carbocycles. The summed E-state index contributed by atoms with van der Waals surface area (Å²) in [5.41, 5.74) is 2.78. The lowest BCUT2D eigenvalue weighted by atomic mass is 9.89. The van der Waals surface area contributed by atoms with Crippen molar-refractivity contribution in [3.8, 4) is 0 Å². The van der Waals surface area contributed by atoms with Gasteiger partial charge in [0.1, 0.15) is 0 Å². The van der Waals surface area contributed by atoms with Crippen LogP contribution in [0.15, 0.2) is 24.4 Å². The minimum absolute atomic E-state index is 0.377. The van der Waals surface area contributed by atoms with Gasteiger partial charge in [0.25, 0.3) is 0 Å². The van der Waals surface area contributed by atoms with Gasteiger partial charge in [-0.05, 0) is 80.9 Å². The summed E-state index contributed by atoms with van der Waals surface area (Å²) < 4.78 is 2.37. The molecule has 5 nitrogen and oxygen atoms in total. The molecule has 0 bridgehead atoms. The van der Waals surface area contributed by atoms with Crippen LogP contribution in [-0.4, -0.2) is 35.3 Å². The fourth-order valence-electron chi connectivity index (χ4n) is 4.94. The Hall–Kier alpha value is -1.85. The summed E-state index contributed by atoms with van der Waals surface area (Å²) in [6.07, 6.45) is 11.4. The molecular formula is C23H33N3O2. The van der Waals surface area contributed by atoms with Gasteiger partial charge < -0.3 is 20.3 Å². The third-order valence-electron chi connectivity index (χ3n) is 6.60. The first-order chi connectivity index (χ1) is 13.7. The predicted octanol–water partition coefficient (Wildman–Crippen LogP) is 4.01. The van der Waals surface area contributed by atoms with Crippen molar-refractivity contribution in [1.82, 2.24) is 15.2 Å². The van der Waals surface area contributed by atoms with Crippen LogP contribution in [-0.2, 0) is 13.1 Å². The van der Waals surface area contributed by atoms with E-state index in [-0.39, 0.29) is 0 Å². The number of carboxylic acids is 1. The number of nitrogens with one attached hydrogen (secondary N) is 2. The number of benzene rings is 1. The number of hydrogen-bond donors (Lipinski definition) is 3. The molecule has 3 N–H and O–H groups in total. The highest BCUT2D eigenvalue weighted by atomic mass is 16.4. The first-order valence-corrected chi connectivity index (χ1v) is 11.0. The monoisotopic (exact) mass is 383 g/mol. The lowest BCUT2D eigenvalue weighted by molar-refractivity contribution is 0.0697. The molecule has 0 radical (unpaired) electrons. The summed E-state index contributed by atoms with van der Waals surface area (Å²) >= 11 is 0. The fraction of sp³-hybridized carbons (Fsp3) is 0.609. The number of hydrogen-bond acceptors (Lipinski definition) is 3. The average Bonchev–Trinajstić information content (AvgIpc) is 3.06. The maximum absolute atomic E-state index is 11.5. The second-order valence-electron chi connectivity index (χ2n) is 8.67. The molecule has 1 aliphatic heterocycles. The number of piperidine rings is 1. The minimum atomic E-state index is -0.851. The number of aromatic carboxylic acids is 1. The SMILES string of the molecule is O=C(O)c1ccc2c(c1)c(CNCC1CCNCC1)cn2CC1CCCCC1. The van der Waals surface area contributed by atoms with Crippen molar-refractivity contribution in [1.29, 1.82) is 0 Å². The van der Waals surface area contributed by atoms with Gasteiger partial charge in [0, 0.05) is 30.2 Å². The van der Waals surface area contributed by atoms with Crippen LogP contribution in [0.3, 0.4) is 0 Å². The highest BCUT2D eigenvalue weighted by Crippen LogP contribution is 2.29. The second kappa shape index (κ2) is 9.10. The van der Waals surface area contributed by atoms with E-state index in [1.54, 1.807) is 6.07 Å². The number of carboxylic acid groups (broad SMARTS) is 1. The van der Waals surface area contributed by atoms with Gasteiger partial charge in [-0.15, -0.1) is 0 Å². The standard InChI is InChI=1S/C23H33N3O2/c27-23(28)19-6-7-22-21(12-19)20(14-25-13-17-8-10-24-11-9-17)16-26(22)15-18-4-2-1-3-5-18/h6-7,12,16-18,24-25H,1-5,8-11,13-15H2,(H,27,28). The van der Waals surface area contributed by atoms with Gasteiger partial charge in [0.05, 0.1) is 5.56 Å². The van der Waals surface area contributed by atoms with Crippen LogP contribution in [0.5, 0.6) is 0 Å². The van der Waals surface area contributed by atoms with Crippen LogP contribution in [0.2, 0.25) is 0 Å². The first-order valence-electron chi connectivity index (χ1n) is 11.0. The molecule has 2 fully saturated rings. The van der Waals surface area contributed by atoms with E-state index in [4.69, 9.17) is 0 Å². The molecule has 0 unspecified atom stereocenters. The summed E-state index contributed by atoms with van der Waals surface area (Å²) in [5, 5.41) is 17.6.